The number of nitrogens with one attached hydrogen (secondary N) is 1. The van der Waals surface area contributed by atoms with Crippen LogP contribution < -0.4 is 11.1 Å². The van der Waals surface area contributed by atoms with Crippen molar-refractivity contribution in [2.75, 3.05) is 5.32 Å². The summed E-state index contributed by atoms with van der Waals surface area (Å²) in [5.74, 6) is 0.391. The zero-order valence-electron chi connectivity index (χ0n) is 15.0. The number of rotatable bonds is 4. The predicted molar refractivity (Wildman–Crippen MR) is 122 cm³/mol. The zero-order chi connectivity index (χ0) is 18.8. The lowest BCUT2D eigenvalue weighted by Crippen LogP contribution is -2.29. The fourth-order valence-corrected chi connectivity index (χ4v) is 6.96. The van der Waals surface area contributed by atoms with Gasteiger partial charge in [0.05, 0.1) is 20.4 Å². The van der Waals surface area contributed by atoms with Gasteiger partial charge in [0.25, 0.3) is 0 Å². The normalized spacial score (nSPS) is 21.1. The van der Waals surface area contributed by atoms with E-state index in [1.54, 1.807) is 11.3 Å². The number of aromatic nitrogens is 1. The van der Waals surface area contributed by atoms with Crippen LogP contribution in [0, 0.1) is 0 Å². The minimum absolute atomic E-state index is 0.215. The fourth-order valence-electron chi connectivity index (χ4n) is 3.83. The molecule has 1 aliphatic rings. The highest BCUT2D eigenvalue weighted by molar-refractivity contribution is 9.10. The van der Waals surface area contributed by atoms with Crippen LogP contribution in [0.2, 0.25) is 5.15 Å². The van der Waals surface area contributed by atoms with Gasteiger partial charge >= 0.3 is 0 Å². The lowest BCUT2D eigenvalue weighted by molar-refractivity contribution is 0.407. The third-order valence-corrected chi connectivity index (χ3v) is 8.75. The Morgan fingerprint density at radius 3 is 2.85 bits per heavy atom. The molecule has 1 aliphatic carbocycles. The molecule has 0 saturated heterocycles. The highest BCUT2D eigenvalue weighted by Crippen LogP contribution is 2.46. The molecule has 3 N–H and O–H groups in total. The number of hydrogen-bond acceptors (Lipinski definition) is 5. The van der Waals surface area contributed by atoms with Crippen molar-refractivity contribution in [3.05, 3.63) is 43.0 Å². The van der Waals surface area contributed by atoms with Crippen molar-refractivity contribution in [2.45, 2.75) is 57.0 Å². The quantitative estimate of drug-likeness (QED) is 0.386. The Morgan fingerprint density at radius 1 is 1.26 bits per heavy atom. The molecule has 144 valence electrons. The van der Waals surface area contributed by atoms with Crippen molar-refractivity contribution < 1.29 is 0 Å². The van der Waals surface area contributed by atoms with Crippen LogP contribution in [0.5, 0.6) is 0 Å². The Bertz CT molecular complexity index is 910. The minimum atomic E-state index is 0.215. The first-order valence-electron chi connectivity index (χ1n) is 9.43. The molecule has 0 radical (unpaired) electrons. The fraction of sp³-hybridized carbons (Fsp3) is 0.450. The largest absolute Gasteiger partial charge is 0.379 e. The average Bonchev–Trinajstić information content (AvgIpc) is 3.26. The van der Waals surface area contributed by atoms with Gasteiger partial charge in [0.15, 0.2) is 0 Å². The molecule has 3 aromatic heterocycles. The summed E-state index contributed by atoms with van der Waals surface area (Å²) >= 11 is 13.7. The van der Waals surface area contributed by atoms with E-state index < -0.39 is 0 Å². The molecular formula is C20H23BrClN3S2. The van der Waals surface area contributed by atoms with Crippen molar-refractivity contribution in [3.8, 4) is 0 Å². The summed E-state index contributed by atoms with van der Waals surface area (Å²) in [7, 11) is 0. The monoisotopic (exact) mass is 483 g/mol. The van der Waals surface area contributed by atoms with Crippen molar-refractivity contribution in [3.63, 3.8) is 0 Å². The molecule has 0 aromatic carbocycles. The van der Waals surface area contributed by atoms with E-state index in [0.29, 0.717) is 11.1 Å². The molecular weight excluding hydrogens is 462 g/mol. The summed E-state index contributed by atoms with van der Waals surface area (Å²) < 4.78 is 2.23. The Morgan fingerprint density at radius 2 is 2.07 bits per heavy atom. The van der Waals surface area contributed by atoms with Crippen molar-refractivity contribution >= 4 is 66.1 Å². The maximum Gasteiger partial charge on any atom is 0.131 e. The molecule has 1 saturated carbocycles. The number of fused-ring (bicyclic) bond motifs is 1. The van der Waals surface area contributed by atoms with E-state index in [0.717, 1.165) is 39.8 Å². The van der Waals surface area contributed by atoms with Gasteiger partial charge < -0.3 is 11.1 Å². The van der Waals surface area contributed by atoms with Crippen LogP contribution in [-0.2, 0) is 6.54 Å². The highest BCUT2D eigenvalue weighted by atomic mass is 79.9. The van der Waals surface area contributed by atoms with Crippen LogP contribution in [0.15, 0.2) is 28.1 Å². The minimum Gasteiger partial charge on any atom is -0.379 e. The van der Waals surface area contributed by atoms with Crippen LogP contribution >= 0.6 is 50.2 Å². The van der Waals surface area contributed by atoms with Gasteiger partial charge in [-0.2, -0.15) is 0 Å². The van der Waals surface area contributed by atoms with Gasteiger partial charge in [-0.1, -0.05) is 43.4 Å². The second kappa shape index (κ2) is 8.78. The standard InChI is InChI=1S/C20H23BrClN3S2/c21-17-18-20(27-19(17)13-7-3-1-2-4-8-14(13)23)15(10-16(22)25-18)24-11-12-6-5-9-26-12/h5-6,9-10,13-14H,1-4,7-8,11,23H2,(H,24,25)/t13-,14-/m0/s1. The highest BCUT2D eigenvalue weighted by Gasteiger charge is 2.27. The van der Waals surface area contributed by atoms with E-state index in [-0.39, 0.29) is 6.04 Å². The van der Waals surface area contributed by atoms with Gasteiger partial charge in [0, 0.05) is 34.3 Å². The molecule has 3 nitrogen and oxygen atoms in total. The van der Waals surface area contributed by atoms with E-state index in [2.05, 4.69) is 43.7 Å². The molecule has 0 spiro atoms. The molecule has 27 heavy (non-hydrogen) atoms. The summed E-state index contributed by atoms with van der Waals surface area (Å²) in [6.45, 7) is 0.793. The lowest BCUT2D eigenvalue weighted by Gasteiger charge is -2.25. The number of nitrogens with two attached hydrogens (primary N) is 1. The molecule has 0 unspecified atom stereocenters. The van der Waals surface area contributed by atoms with Crippen LogP contribution in [0.1, 0.15) is 54.2 Å². The molecule has 0 amide bonds. The van der Waals surface area contributed by atoms with Crippen LogP contribution in [0.4, 0.5) is 5.69 Å². The van der Waals surface area contributed by atoms with Gasteiger partial charge in [0.1, 0.15) is 5.15 Å². The third-order valence-electron chi connectivity index (χ3n) is 5.27. The van der Waals surface area contributed by atoms with Gasteiger partial charge in [0.2, 0.25) is 0 Å². The smallest absolute Gasteiger partial charge is 0.131 e. The summed E-state index contributed by atoms with van der Waals surface area (Å²) in [5.41, 5.74) is 8.59. The molecule has 0 aliphatic heterocycles. The van der Waals surface area contributed by atoms with E-state index in [1.165, 1.54) is 35.4 Å². The predicted octanol–water partition coefficient (Wildman–Crippen LogP) is 7.15. The molecule has 7 heteroatoms. The SMILES string of the molecule is N[C@H]1CCCCCC[C@@H]1c1sc2c(NCc3cccs3)cc(Cl)nc2c1Br. The van der Waals surface area contributed by atoms with Gasteiger partial charge in [-0.15, -0.1) is 22.7 Å². The van der Waals surface area contributed by atoms with Crippen LogP contribution in [0.25, 0.3) is 10.2 Å². The number of pyridine rings is 1. The Labute approximate surface area is 181 Å². The van der Waals surface area contributed by atoms with Crippen LogP contribution in [0.3, 0.4) is 0 Å². The first-order chi connectivity index (χ1) is 13.1. The van der Waals surface area contributed by atoms with Gasteiger partial charge in [-0.3, -0.25) is 0 Å². The Hall–Kier alpha value is -0.660. The molecule has 2 atom stereocenters. The molecule has 4 rings (SSSR count). The first-order valence-corrected chi connectivity index (χ1v) is 12.3. The molecule has 0 bridgehead atoms. The third kappa shape index (κ3) is 4.35. The van der Waals surface area contributed by atoms with E-state index in [9.17, 15) is 0 Å². The maximum atomic E-state index is 6.59. The lowest BCUT2D eigenvalue weighted by atomic mass is 9.86. The van der Waals surface area contributed by atoms with Crippen molar-refractivity contribution in [1.29, 1.82) is 0 Å². The van der Waals surface area contributed by atoms with E-state index >= 15 is 0 Å². The summed E-state index contributed by atoms with van der Waals surface area (Å²) in [6.07, 6.45) is 7.35. The second-order valence-corrected chi connectivity index (χ2v) is 10.4. The zero-order valence-corrected chi connectivity index (χ0v) is 19.0. The number of nitrogens with zero attached hydrogens (tertiary/aromatic N) is 1. The summed E-state index contributed by atoms with van der Waals surface area (Å²) in [5, 5.41) is 6.17. The average molecular weight is 485 g/mol. The number of hydrogen-bond donors (Lipinski definition) is 2. The molecule has 3 aromatic rings. The first kappa shape index (κ1) is 19.6. The number of halogens is 2. The topological polar surface area (TPSA) is 50.9 Å². The Balaban J connectivity index is 1.70. The van der Waals surface area contributed by atoms with Crippen molar-refractivity contribution in [1.82, 2.24) is 4.98 Å². The molecule has 3 heterocycles. The van der Waals surface area contributed by atoms with Gasteiger partial charge in [-0.25, -0.2) is 4.98 Å². The van der Waals surface area contributed by atoms with Crippen molar-refractivity contribution in [2.24, 2.45) is 5.73 Å². The summed E-state index contributed by atoms with van der Waals surface area (Å²) in [6, 6.07) is 6.36. The molecule has 1 fully saturated rings. The maximum absolute atomic E-state index is 6.59. The summed E-state index contributed by atoms with van der Waals surface area (Å²) in [4.78, 5) is 7.24. The number of thiophene rings is 2. The van der Waals surface area contributed by atoms with E-state index in [1.807, 2.05) is 17.4 Å². The number of anilines is 1. The Kier molecular flexibility index (Phi) is 6.39. The van der Waals surface area contributed by atoms with Crippen LogP contribution in [-0.4, -0.2) is 11.0 Å². The van der Waals surface area contributed by atoms with Gasteiger partial charge in [-0.05, 0) is 40.2 Å². The van der Waals surface area contributed by atoms with E-state index in [4.69, 9.17) is 17.3 Å². The second-order valence-electron chi connectivity index (χ2n) is 7.15.